The molecule has 142 valence electrons. The number of hydrogen-bond acceptors (Lipinski definition) is 3. The number of nitrogens with one attached hydrogen (secondary N) is 2. The Morgan fingerprint density at radius 2 is 1.74 bits per heavy atom. The second-order valence-corrected chi connectivity index (χ2v) is 10.00. The van der Waals surface area contributed by atoms with E-state index in [-0.39, 0.29) is 17.9 Å². The van der Waals surface area contributed by atoms with Crippen LogP contribution in [0.25, 0.3) is 0 Å². The van der Waals surface area contributed by atoms with E-state index in [2.05, 4.69) is 10.6 Å². The number of thiophene rings is 1. The number of carbonyl (C=O) groups is 2. The quantitative estimate of drug-likeness (QED) is 0.577. The van der Waals surface area contributed by atoms with Crippen LogP contribution in [0, 0.1) is 5.92 Å². The van der Waals surface area contributed by atoms with Crippen molar-refractivity contribution < 1.29 is 9.59 Å². The predicted molar refractivity (Wildman–Crippen MR) is 111 cm³/mol. The van der Waals surface area contributed by atoms with Crippen molar-refractivity contribution in [1.29, 1.82) is 0 Å². The highest BCUT2D eigenvalue weighted by Crippen LogP contribution is 2.65. The zero-order valence-corrected chi connectivity index (χ0v) is 17.6. The molecule has 1 heterocycles. The minimum atomic E-state index is -1.24. The fraction of sp³-hybridized carbons (Fsp3) is 0.333. The summed E-state index contributed by atoms with van der Waals surface area (Å²) in [4.78, 5) is 25.3. The van der Waals surface area contributed by atoms with Gasteiger partial charge in [0.2, 0.25) is 5.91 Å². The van der Waals surface area contributed by atoms with Gasteiger partial charge in [-0.15, -0.1) is 34.5 Å². The molecule has 0 radical (unpaired) electrons. The Morgan fingerprint density at radius 3 is 2.37 bits per heavy atom. The first-order valence-corrected chi connectivity index (χ1v) is 10.7. The number of alkyl halides is 2. The molecule has 27 heavy (non-hydrogen) atoms. The Labute approximate surface area is 180 Å². The molecule has 2 amide bonds. The average Bonchev–Trinajstić information content (AvgIpc) is 3.42. The molecule has 2 aliphatic carbocycles. The summed E-state index contributed by atoms with van der Waals surface area (Å²) in [7, 11) is 0. The summed E-state index contributed by atoms with van der Waals surface area (Å²) in [5.74, 6) is -1.48. The Morgan fingerprint density at radius 1 is 1.07 bits per heavy atom. The van der Waals surface area contributed by atoms with Crippen molar-refractivity contribution in [1.82, 2.24) is 5.32 Å². The summed E-state index contributed by atoms with van der Waals surface area (Å²) in [5.41, 5.74) is 1.26. The molecule has 2 atom stereocenters. The second-order valence-electron chi connectivity index (χ2n) is 6.77. The normalized spacial score (nSPS) is 23.0. The number of halogens is 4. The highest BCUT2D eigenvalue weighted by molar-refractivity contribution is 7.12. The highest BCUT2D eigenvalue weighted by atomic mass is 35.5. The molecule has 2 saturated carbocycles. The van der Waals surface area contributed by atoms with Crippen LogP contribution in [0.2, 0.25) is 10.0 Å². The van der Waals surface area contributed by atoms with Crippen LogP contribution in [-0.4, -0.2) is 22.2 Å². The summed E-state index contributed by atoms with van der Waals surface area (Å²) < 4.78 is -1.24. The Balaban J connectivity index is 1.45. The average molecular weight is 464 g/mol. The number of anilines is 1. The molecule has 0 saturated heterocycles. The maximum Gasteiger partial charge on any atom is 0.261 e. The van der Waals surface area contributed by atoms with E-state index in [4.69, 9.17) is 46.4 Å². The molecule has 9 heteroatoms. The lowest BCUT2D eigenvalue weighted by molar-refractivity contribution is -0.117. The van der Waals surface area contributed by atoms with Gasteiger partial charge in [-0.25, -0.2) is 0 Å². The topological polar surface area (TPSA) is 58.2 Å². The van der Waals surface area contributed by atoms with Gasteiger partial charge < -0.3 is 10.6 Å². The van der Waals surface area contributed by atoms with E-state index >= 15 is 0 Å². The molecule has 0 aliphatic heterocycles. The van der Waals surface area contributed by atoms with Crippen molar-refractivity contribution >= 4 is 75.2 Å². The zero-order chi connectivity index (χ0) is 19.3. The van der Waals surface area contributed by atoms with Gasteiger partial charge in [-0.1, -0.05) is 23.2 Å². The molecule has 1 aromatic heterocycles. The van der Waals surface area contributed by atoms with Gasteiger partial charge in [0.15, 0.2) is 0 Å². The van der Waals surface area contributed by atoms with Crippen LogP contribution in [0.4, 0.5) is 5.69 Å². The number of amides is 2. The third-order valence-corrected chi connectivity index (χ3v) is 6.89. The lowest BCUT2D eigenvalue weighted by Gasteiger charge is -2.03. The summed E-state index contributed by atoms with van der Waals surface area (Å²) >= 11 is 26.1. The summed E-state index contributed by atoms with van der Waals surface area (Å²) in [6.07, 6.45) is 2.04. The van der Waals surface area contributed by atoms with Crippen LogP contribution < -0.4 is 10.6 Å². The van der Waals surface area contributed by atoms with Gasteiger partial charge >= 0.3 is 0 Å². The minimum absolute atomic E-state index is 0.120. The largest absolute Gasteiger partial charge is 0.349 e. The van der Waals surface area contributed by atoms with Gasteiger partial charge in [-0.2, -0.15) is 0 Å². The van der Waals surface area contributed by atoms with Crippen molar-refractivity contribution in [3.63, 3.8) is 0 Å². The Bertz CT molecular complexity index is 906. The number of hydrogen-bond donors (Lipinski definition) is 2. The molecule has 4 rings (SSSR count). The van der Waals surface area contributed by atoms with Gasteiger partial charge in [0, 0.05) is 27.4 Å². The molecule has 2 aromatic rings. The van der Waals surface area contributed by atoms with E-state index in [1.165, 1.54) is 11.3 Å². The van der Waals surface area contributed by atoms with E-state index in [9.17, 15) is 9.59 Å². The van der Waals surface area contributed by atoms with Gasteiger partial charge in [-0.3, -0.25) is 9.59 Å². The van der Waals surface area contributed by atoms with Crippen LogP contribution >= 0.6 is 57.7 Å². The number of benzene rings is 1. The van der Waals surface area contributed by atoms with Crippen LogP contribution in [0.1, 0.15) is 34.0 Å². The molecule has 2 aliphatic rings. The monoisotopic (exact) mass is 462 g/mol. The zero-order valence-electron chi connectivity index (χ0n) is 13.8. The van der Waals surface area contributed by atoms with Gasteiger partial charge in [0.05, 0.1) is 16.5 Å². The SMILES string of the molecule is O=C(NC1CC1)c1cc(NC(=O)C2C(c3cc(Cl)cc(Cl)c3)C2(Cl)Cl)cs1. The smallest absolute Gasteiger partial charge is 0.261 e. The first-order chi connectivity index (χ1) is 12.8. The fourth-order valence-corrected chi connectivity index (χ4v) is 5.16. The molecule has 0 bridgehead atoms. The minimum Gasteiger partial charge on any atom is -0.349 e. The lowest BCUT2D eigenvalue weighted by atomic mass is 10.1. The van der Waals surface area contributed by atoms with Crippen molar-refractivity contribution in [2.75, 3.05) is 5.32 Å². The summed E-state index contributed by atoms with van der Waals surface area (Å²) in [5, 5.41) is 8.34. The predicted octanol–water partition coefficient (Wildman–Crippen LogP) is 5.47. The van der Waals surface area contributed by atoms with E-state index < -0.39 is 16.2 Å². The Hall–Kier alpha value is -0.980. The van der Waals surface area contributed by atoms with Crippen molar-refractivity contribution in [2.24, 2.45) is 5.92 Å². The van der Waals surface area contributed by atoms with Gasteiger partial charge in [-0.05, 0) is 42.7 Å². The van der Waals surface area contributed by atoms with Crippen LogP contribution in [0.3, 0.4) is 0 Å². The molecule has 4 nitrogen and oxygen atoms in total. The van der Waals surface area contributed by atoms with Gasteiger partial charge in [0.25, 0.3) is 5.91 Å². The van der Waals surface area contributed by atoms with Crippen LogP contribution in [0.15, 0.2) is 29.6 Å². The summed E-state index contributed by atoms with van der Waals surface area (Å²) in [6.45, 7) is 0. The van der Waals surface area contributed by atoms with Crippen molar-refractivity contribution in [3.05, 3.63) is 50.1 Å². The lowest BCUT2D eigenvalue weighted by Crippen LogP contribution is -2.24. The number of rotatable bonds is 5. The van der Waals surface area contributed by atoms with Gasteiger partial charge in [0.1, 0.15) is 4.33 Å². The van der Waals surface area contributed by atoms with E-state index in [0.29, 0.717) is 26.2 Å². The molecular formula is C18H14Cl4N2O2S. The van der Waals surface area contributed by atoms with Crippen LogP contribution in [-0.2, 0) is 4.79 Å². The third kappa shape index (κ3) is 4.08. The standard InChI is InChI=1S/C18H14Cl4N2O2S/c19-9-3-8(4-10(20)5-9)14-15(18(14,21)22)17(26)24-12-6-13(27-7-12)16(25)23-11-1-2-11/h3-7,11,14-15H,1-2H2,(H,23,25)(H,24,26). The van der Waals surface area contributed by atoms with E-state index in [0.717, 1.165) is 12.8 Å². The molecule has 2 N–H and O–H groups in total. The fourth-order valence-electron chi connectivity index (χ4n) is 3.05. The highest BCUT2D eigenvalue weighted by Gasteiger charge is 2.67. The first kappa shape index (κ1) is 19.3. The van der Waals surface area contributed by atoms with E-state index in [1.54, 1.807) is 29.6 Å². The van der Waals surface area contributed by atoms with Crippen molar-refractivity contribution in [3.8, 4) is 0 Å². The molecule has 0 spiro atoms. The van der Waals surface area contributed by atoms with Crippen LogP contribution in [0.5, 0.6) is 0 Å². The maximum absolute atomic E-state index is 12.7. The Kier molecular flexibility index (Phi) is 5.10. The second kappa shape index (κ2) is 7.12. The van der Waals surface area contributed by atoms with E-state index in [1.807, 2.05) is 0 Å². The summed E-state index contributed by atoms with van der Waals surface area (Å²) in [6, 6.07) is 6.94. The molecular weight excluding hydrogens is 450 g/mol. The molecule has 2 fully saturated rings. The van der Waals surface area contributed by atoms with Crippen molar-refractivity contribution in [2.45, 2.75) is 29.1 Å². The molecule has 2 unspecified atom stereocenters. The molecule has 1 aromatic carbocycles. The third-order valence-electron chi connectivity index (χ3n) is 4.58. The first-order valence-electron chi connectivity index (χ1n) is 8.30. The number of carbonyl (C=O) groups excluding carboxylic acids is 2. The maximum atomic E-state index is 12.7.